The van der Waals surface area contributed by atoms with Gasteiger partial charge in [-0.15, -0.1) is 0 Å². The van der Waals surface area contributed by atoms with Gasteiger partial charge in [-0.25, -0.2) is 0 Å². The second-order valence-corrected chi connectivity index (χ2v) is 7.70. The fourth-order valence-electron chi connectivity index (χ4n) is 4.16. The minimum absolute atomic E-state index is 0.000177. The summed E-state index contributed by atoms with van der Waals surface area (Å²) in [5, 5.41) is 0. The minimum Gasteiger partial charge on any atom is -0.339 e. The minimum atomic E-state index is -0.0612. The fourth-order valence-corrected chi connectivity index (χ4v) is 4.16. The van der Waals surface area contributed by atoms with Gasteiger partial charge in [-0.2, -0.15) is 0 Å². The van der Waals surface area contributed by atoms with E-state index in [0.29, 0.717) is 29.8 Å². The first kappa shape index (κ1) is 19.8. The van der Waals surface area contributed by atoms with Crippen LogP contribution in [0.5, 0.6) is 0 Å². The van der Waals surface area contributed by atoms with Crippen molar-refractivity contribution in [3.8, 4) is 0 Å². The highest BCUT2D eigenvalue weighted by atomic mass is 16.2. The lowest BCUT2D eigenvalue weighted by atomic mass is 10.0. The number of rotatable bonds is 4. The number of para-hydroxylation sites is 3. The Balaban J connectivity index is 1.58. The number of anilines is 4. The van der Waals surface area contributed by atoms with Crippen LogP contribution in [0.1, 0.15) is 22.3 Å². The quantitative estimate of drug-likeness (QED) is 0.375. The number of carbonyl (C=O) groups excluding carboxylic acids is 2. The van der Waals surface area contributed by atoms with Gasteiger partial charge in [0.1, 0.15) is 0 Å². The Morgan fingerprint density at radius 1 is 0.625 bits per heavy atom. The molecule has 4 heteroatoms. The van der Waals surface area contributed by atoms with Gasteiger partial charge >= 0.3 is 0 Å². The average Bonchev–Trinajstić information content (AvgIpc) is 3.00. The maximum absolute atomic E-state index is 13.3. The largest absolute Gasteiger partial charge is 0.339 e. The number of hydrogen-bond acceptors (Lipinski definition) is 3. The van der Waals surface area contributed by atoms with Crippen LogP contribution in [0.15, 0.2) is 109 Å². The van der Waals surface area contributed by atoms with Crippen LogP contribution in [0.25, 0.3) is 0 Å². The number of amides is 1. The second-order valence-electron chi connectivity index (χ2n) is 7.70. The first-order valence-electron chi connectivity index (χ1n) is 10.7. The van der Waals surface area contributed by atoms with Crippen molar-refractivity contribution >= 4 is 34.4 Å². The SMILES string of the molecule is O=C(c1ccccc1)c1cccc(N2C(=O)CCN(c3ccccc3)c3ccccc32)c1. The van der Waals surface area contributed by atoms with Crippen molar-refractivity contribution in [2.75, 3.05) is 16.3 Å². The second kappa shape index (κ2) is 8.52. The van der Waals surface area contributed by atoms with Gasteiger partial charge < -0.3 is 4.90 Å². The molecule has 4 aromatic carbocycles. The third-order valence-corrected chi connectivity index (χ3v) is 5.68. The maximum Gasteiger partial charge on any atom is 0.233 e. The molecule has 156 valence electrons. The summed E-state index contributed by atoms with van der Waals surface area (Å²) in [6, 6.07) is 34.5. The standard InChI is InChI=1S/C28H22N2O2/c31-27-18-19-29(23-13-5-2-6-14-23)25-16-7-8-17-26(25)30(27)24-15-9-12-22(20-24)28(32)21-10-3-1-4-11-21/h1-17,20H,18-19H2. The summed E-state index contributed by atoms with van der Waals surface area (Å²) in [6.45, 7) is 0.582. The monoisotopic (exact) mass is 418 g/mol. The maximum atomic E-state index is 13.3. The van der Waals surface area contributed by atoms with E-state index in [1.165, 1.54) is 0 Å². The summed E-state index contributed by atoms with van der Waals surface area (Å²) < 4.78 is 0. The summed E-state index contributed by atoms with van der Waals surface area (Å²) >= 11 is 0. The number of nitrogens with zero attached hydrogens (tertiary/aromatic N) is 2. The normalized spacial score (nSPS) is 13.4. The molecule has 1 amide bonds. The molecular formula is C28H22N2O2. The average molecular weight is 418 g/mol. The molecule has 0 N–H and O–H groups in total. The third-order valence-electron chi connectivity index (χ3n) is 5.68. The molecule has 0 aromatic heterocycles. The highest BCUT2D eigenvalue weighted by molar-refractivity contribution is 6.11. The Hall–Kier alpha value is -4.18. The van der Waals surface area contributed by atoms with Crippen molar-refractivity contribution in [2.45, 2.75) is 6.42 Å². The Bertz CT molecular complexity index is 1270. The van der Waals surface area contributed by atoms with E-state index in [1.54, 1.807) is 23.1 Å². The lowest BCUT2D eigenvalue weighted by Crippen LogP contribution is -2.25. The molecule has 0 atom stereocenters. The Kier molecular flexibility index (Phi) is 5.26. The van der Waals surface area contributed by atoms with Crippen LogP contribution < -0.4 is 9.80 Å². The summed E-state index contributed by atoms with van der Waals surface area (Å²) in [6.07, 6.45) is 0.362. The van der Waals surface area contributed by atoms with E-state index in [-0.39, 0.29) is 11.7 Å². The van der Waals surface area contributed by atoms with Crippen molar-refractivity contribution in [3.63, 3.8) is 0 Å². The first-order chi connectivity index (χ1) is 15.7. The van der Waals surface area contributed by atoms with Crippen molar-refractivity contribution in [1.82, 2.24) is 0 Å². The van der Waals surface area contributed by atoms with Crippen LogP contribution in [0.3, 0.4) is 0 Å². The van der Waals surface area contributed by atoms with Crippen LogP contribution in [-0.4, -0.2) is 18.2 Å². The van der Waals surface area contributed by atoms with Gasteiger partial charge in [0.15, 0.2) is 5.78 Å². The molecule has 1 aliphatic rings. The molecular weight excluding hydrogens is 396 g/mol. The third kappa shape index (κ3) is 3.67. The Labute approximate surface area is 187 Å². The van der Waals surface area contributed by atoms with E-state index >= 15 is 0 Å². The van der Waals surface area contributed by atoms with Crippen molar-refractivity contribution in [3.05, 3.63) is 120 Å². The van der Waals surface area contributed by atoms with Gasteiger partial charge in [0.05, 0.1) is 11.4 Å². The fraction of sp³-hybridized carbons (Fsp3) is 0.0714. The molecule has 0 aliphatic carbocycles. The molecule has 0 unspecified atom stereocenters. The van der Waals surface area contributed by atoms with E-state index in [1.807, 2.05) is 78.9 Å². The van der Waals surface area contributed by atoms with E-state index in [2.05, 4.69) is 17.0 Å². The van der Waals surface area contributed by atoms with E-state index in [4.69, 9.17) is 0 Å². The molecule has 32 heavy (non-hydrogen) atoms. The smallest absolute Gasteiger partial charge is 0.233 e. The van der Waals surface area contributed by atoms with Crippen LogP contribution >= 0.6 is 0 Å². The highest BCUT2D eigenvalue weighted by Crippen LogP contribution is 2.40. The lowest BCUT2D eigenvalue weighted by molar-refractivity contribution is -0.117. The predicted molar refractivity (Wildman–Crippen MR) is 128 cm³/mol. The van der Waals surface area contributed by atoms with Gasteiger partial charge in [0.25, 0.3) is 0 Å². The van der Waals surface area contributed by atoms with Gasteiger partial charge in [0, 0.05) is 35.5 Å². The lowest BCUT2D eigenvalue weighted by Gasteiger charge is -2.27. The molecule has 0 saturated heterocycles. The number of fused-ring (bicyclic) bond motifs is 1. The summed E-state index contributed by atoms with van der Waals surface area (Å²) in [5.74, 6) is -0.0610. The van der Waals surface area contributed by atoms with Crippen LogP contribution in [0, 0.1) is 0 Å². The molecule has 0 spiro atoms. The molecule has 0 saturated carbocycles. The molecule has 0 bridgehead atoms. The van der Waals surface area contributed by atoms with Crippen molar-refractivity contribution < 1.29 is 9.59 Å². The number of carbonyl (C=O) groups is 2. The summed E-state index contributed by atoms with van der Waals surface area (Å²) in [5.41, 5.74) is 4.69. The van der Waals surface area contributed by atoms with E-state index < -0.39 is 0 Å². The van der Waals surface area contributed by atoms with Gasteiger partial charge in [-0.05, 0) is 36.4 Å². The number of hydrogen-bond donors (Lipinski definition) is 0. The zero-order chi connectivity index (χ0) is 21.9. The zero-order valence-electron chi connectivity index (χ0n) is 17.5. The number of ketones is 1. The molecule has 0 radical (unpaired) electrons. The summed E-state index contributed by atoms with van der Waals surface area (Å²) in [7, 11) is 0. The molecule has 4 nitrogen and oxygen atoms in total. The van der Waals surface area contributed by atoms with Gasteiger partial charge in [0.2, 0.25) is 5.91 Å². The van der Waals surface area contributed by atoms with Crippen LogP contribution in [0.4, 0.5) is 22.7 Å². The van der Waals surface area contributed by atoms with Crippen molar-refractivity contribution in [2.24, 2.45) is 0 Å². The molecule has 5 rings (SSSR count). The Morgan fingerprint density at radius 3 is 1.97 bits per heavy atom. The zero-order valence-corrected chi connectivity index (χ0v) is 17.5. The topological polar surface area (TPSA) is 40.6 Å². The summed E-state index contributed by atoms with van der Waals surface area (Å²) in [4.78, 5) is 30.2. The molecule has 4 aromatic rings. The highest BCUT2D eigenvalue weighted by Gasteiger charge is 2.28. The molecule has 0 fully saturated rings. The van der Waals surface area contributed by atoms with Gasteiger partial charge in [-0.1, -0.05) is 72.8 Å². The van der Waals surface area contributed by atoms with Crippen LogP contribution in [0.2, 0.25) is 0 Å². The van der Waals surface area contributed by atoms with Crippen molar-refractivity contribution in [1.29, 1.82) is 0 Å². The predicted octanol–water partition coefficient (Wildman–Crippen LogP) is 6.12. The first-order valence-corrected chi connectivity index (χ1v) is 10.7. The van der Waals surface area contributed by atoms with E-state index in [0.717, 1.165) is 17.1 Å². The Morgan fingerprint density at radius 2 is 1.22 bits per heavy atom. The number of benzene rings is 4. The van der Waals surface area contributed by atoms with E-state index in [9.17, 15) is 9.59 Å². The van der Waals surface area contributed by atoms with Crippen LogP contribution in [-0.2, 0) is 4.79 Å². The molecule has 1 aliphatic heterocycles. The molecule has 1 heterocycles. The van der Waals surface area contributed by atoms with Gasteiger partial charge in [-0.3, -0.25) is 14.5 Å².